The van der Waals surface area contributed by atoms with Crippen molar-refractivity contribution in [2.75, 3.05) is 26.2 Å². The van der Waals surface area contributed by atoms with Gasteiger partial charge in [0.05, 0.1) is 0 Å². The molecule has 1 unspecified atom stereocenters. The van der Waals surface area contributed by atoms with Crippen molar-refractivity contribution in [1.29, 1.82) is 0 Å². The lowest BCUT2D eigenvalue weighted by molar-refractivity contribution is -0.115. The van der Waals surface area contributed by atoms with E-state index >= 15 is 0 Å². The van der Waals surface area contributed by atoms with Gasteiger partial charge in [-0.05, 0) is 38.8 Å². The maximum Gasteiger partial charge on any atom is 0.410 e. The normalized spacial score (nSPS) is 21.1. The van der Waals surface area contributed by atoms with E-state index in [2.05, 4.69) is 29.2 Å². The molecular formula is C19H29N3O2. The number of benzene rings is 1. The van der Waals surface area contributed by atoms with E-state index in [0.717, 1.165) is 32.7 Å². The summed E-state index contributed by atoms with van der Waals surface area (Å²) in [5.74, 6) is 0. The maximum atomic E-state index is 12.0. The highest BCUT2D eigenvalue weighted by molar-refractivity contribution is 5.69. The molecule has 1 aromatic carbocycles. The molecule has 0 aliphatic carbocycles. The summed E-state index contributed by atoms with van der Waals surface area (Å²) in [6.45, 7) is 12.4. The highest BCUT2D eigenvalue weighted by Crippen LogP contribution is 2.40. The van der Waals surface area contributed by atoms with Gasteiger partial charge in [-0.25, -0.2) is 4.79 Å². The van der Waals surface area contributed by atoms with Crippen molar-refractivity contribution in [3.8, 4) is 0 Å². The first-order valence-electron chi connectivity index (χ1n) is 8.71. The Morgan fingerprint density at radius 3 is 2.29 bits per heavy atom. The Hall–Kier alpha value is -1.59. The molecule has 2 aliphatic rings. The third-order valence-electron chi connectivity index (χ3n) is 4.73. The Balaban J connectivity index is 1.43. The number of nitrogens with two attached hydrogens (primary N) is 1. The zero-order valence-corrected chi connectivity index (χ0v) is 15.2. The van der Waals surface area contributed by atoms with Crippen LogP contribution < -0.4 is 5.73 Å². The van der Waals surface area contributed by atoms with Gasteiger partial charge in [0, 0.05) is 44.2 Å². The molecule has 5 nitrogen and oxygen atoms in total. The minimum atomic E-state index is -0.418. The number of rotatable bonds is 3. The summed E-state index contributed by atoms with van der Waals surface area (Å²) < 4.78 is 5.42. The van der Waals surface area contributed by atoms with Gasteiger partial charge in [-0.2, -0.15) is 0 Å². The number of nitrogens with zero attached hydrogens (tertiary/aromatic N) is 2. The molecule has 24 heavy (non-hydrogen) atoms. The molecule has 5 heteroatoms. The summed E-state index contributed by atoms with van der Waals surface area (Å²) in [4.78, 5) is 16.3. The van der Waals surface area contributed by atoms with Crippen LogP contribution in [0.3, 0.4) is 0 Å². The van der Waals surface area contributed by atoms with Gasteiger partial charge in [-0.1, -0.05) is 24.3 Å². The average molecular weight is 331 g/mol. The molecule has 1 spiro atoms. The average Bonchev–Trinajstić information content (AvgIpc) is 2.38. The van der Waals surface area contributed by atoms with E-state index in [-0.39, 0.29) is 12.1 Å². The van der Waals surface area contributed by atoms with Crippen molar-refractivity contribution in [1.82, 2.24) is 9.80 Å². The largest absolute Gasteiger partial charge is 0.444 e. The highest BCUT2D eigenvalue weighted by Gasteiger charge is 2.53. The van der Waals surface area contributed by atoms with E-state index < -0.39 is 5.60 Å². The lowest BCUT2D eigenvalue weighted by atomic mass is 9.73. The predicted octanol–water partition coefficient (Wildman–Crippen LogP) is 2.76. The van der Waals surface area contributed by atoms with Crippen LogP contribution in [0.15, 0.2) is 24.3 Å². The molecule has 3 rings (SSSR count). The second-order valence-corrected chi connectivity index (χ2v) is 8.51. The fourth-order valence-electron chi connectivity index (χ4n) is 3.62. The van der Waals surface area contributed by atoms with Gasteiger partial charge in [-0.3, -0.25) is 4.90 Å². The first kappa shape index (κ1) is 17.2. The number of hydrogen-bond donors (Lipinski definition) is 1. The van der Waals surface area contributed by atoms with Crippen LogP contribution in [0.4, 0.5) is 4.79 Å². The van der Waals surface area contributed by atoms with Gasteiger partial charge in [0.2, 0.25) is 0 Å². The van der Waals surface area contributed by atoms with Crippen LogP contribution in [-0.4, -0.2) is 47.7 Å². The number of amides is 1. The minimum Gasteiger partial charge on any atom is -0.444 e. The van der Waals surface area contributed by atoms with Crippen molar-refractivity contribution in [3.05, 3.63) is 35.4 Å². The molecule has 0 saturated carbocycles. The van der Waals surface area contributed by atoms with E-state index in [9.17, 15) is 4.79 Å². The number of likely N-dealkylation sites (tertiary alicyclic amines) is 2. The smallest absolute Gasteiger partial charge is 0.410 e. The van der Waals surface area contributed by atoms with Gasteiger partial charge in [-0.15, -0.1) is 0 Å². The fourth-order valence-corrected chi connectivity index (χ4v) is 3.62. The van der Waals surface area contributed by atoms with Crippen molar-refractivity contribution < 1.29 is 9.53 Å². The van der Waals surface area contributed by atoms with Crippen LogP contribution in [-0.2, 0) is 11.3 Å². The molecule has 2 aliphatic heterocycles. The lowest BCUT2D eigenvalue weighted by Crippen LogP contribution is -2.72. The van der Waals surface area contributed by atoms with Crippen molar-refractivity contribution >= 4 is 6.09 Å². The van der Waals surface area contributed by atoms with Crippen LogP contribution >= 0.6 is 0 Å². The van der Waals surface area contributed by atoms with Crippen LogP contribution in [0.25, 0.3) is 0 Å². The second-order valence-electron chi connectivity index (χ2n) is 8.51. The summed E-state index contributed by atoms with van der Waals surface area (Å²) in [7, 11) is 0. The fraction of sp³-hybridized carbons (Fsp3) is 0.632. The van der Waals surface area contributed by atoms with E-state index in [1.165, 1.54) is 11.1 Å². The molecule has 132 valence electrons. The van der Waals surface area contributed by atoms with E-state index in [4.69, 9.17) is 10.5 Å². The quantitative estimate of drug-likeness (QED) is 0.925. The van der Waals surface area contributed by atoms with E-state index in [1.54, 1.807) is 0 Å². The SMILES string of the molecule is CC(N)c1ccc(CN2CC3(C2)CN(C(=O)OC(C)(C)C)C3)cc1. The minimum absolute atomic E-state index is 0.0835. The van der Waals surface area contributed by atoms with Crippen LogP contribution in [0.5, 0.6) is 0 Å². The molecule has 0 aromatic heterocycles. The highest BCUT2D eigenvalue weighted by atomic mass is 16.6. The topological polar surface area (TPSA) is 58.8 Å². The molecule has 2 fully saturated rings. The molecular weight excluding hydrogens is 302 g/mol. The van der Waals surface area contributed by atoms with Crippen molar-refractivity contribution in [3.63, 3.8) is 0 Å². The zero-order valence-electron chi connectivity index (χ0n) is 15.2. The zero-order chi connectivity index (χ0) is 17.5. The monoisotopic (exact) mass is 331 g/mol. The summed E-state index contributed by atoms with van der Waals surface area (Å²) in [6, 6.07) is 8.64. The van der Waals surface area contributed by atoms with Crippen molar-refractivity contribution in [2.45, 2.75) is 45.9 Å². The molecule has 1 atom stereocenters. The van der Waals surface area contributed by atoms with Gasteiger partial charge < -0.3 is 15.4 Å². The Labute approximate surface area is 144 Å². The molecule has 1 aromatic rings. The predicted molar refractivity (Wildman–Crippen MR) is 94.6 cm³/mol. The summed E-state index contributed by atoms with van der Waals surface area (Å²) in [5, 5.41) is 0. The molecule has 1 amide bonds. The third-order valence-corrected chi connectivity index (χ3v) is 4.73. The summed E-state index contributed by atoms with van der Waals surface area (Å²) >= 11 is 0. The first-order chi connectivity index (χ1) is 11.2. The Bertz CT molecular complexity index is 590. The molecule has 0 bridgehead atoms. The van der Waals surface area contributed by atoms with Crippen LogP contribution in [0.1, 0.15) is 44.9 Å². The Morgan fingerprint density at radius 1 is 1.21 bits per heavy atom. The number of hydrogen-bond acceptors (Lipinski definition) is 4. The summed E-state index contributed by atoms with van der Waals surface area (Å²) in [6.07, 6.45) is -0.182. The first-order valence-corrected chi connectivity index (χ1v) is 8.71. The van der Waals surface area contributed by atoms with Gasteiger partial charge >= 0.3 is 6.09 Å². The Kier molecular flexibility index (Phi) is 4.34. The second kappa shape index (κ2) is 6.05. The van der Waals surface area contributed by atoms with E-state index in [0.29, 0.717) is 5.41 Å². The third kappa shape index (κ3) is 3.73. The van der Waals surface area contributed by atoms with Crippen molar-refractivity contribution in [2.24, 2.45) is 11.1 Å². The van der Waals surface area contributed by atoms with E-state index in [1.807, 2.05) is 32.6 Å². The molecule has 0 radical (unpaired) electrons. The van der Waals surface area contributed by atoms with Gasteiger partial charge in [0.25, 0.3) is 0 Å². The van der Waals surface area contributed by atoms with Gasteiger partial charge in [0.15, 0.2) is 0 Å². The molecule has 2 N–H and O–H groups in total. The molecule has 2 heterocycles. The summed E-state index contributed by atoms with van der Waals surface area (Å²) in [5.41, 5.74) is 8.25. The maximum absolute atomic E-state index is 12.0. The Morgan fingerprint density at radius 2 is 1.79 bits per heavy atom. The van der Waals surface area contributed by atoms with Gasteiger partial charge in [0.1, 0.15) is 5.60 Å². The number of carbonyl (C=O) groups is 1. The number of carbonyl (C=O) groups excluding carboxylic acids is 1. The number of ether oxygens (including phenoxy) is 1. The van der Waals surface area contributed by atoms with Crippen LogP contribution in [0, 0.1) is 5.41 Å². The lowest BCUT2D eigenvalue weighted by Gasteiger charge is -2.60. The van der Waals surface area contributed by atoms with Crippen LogP contribution in [0.2, 0.25) is 0 Å². The molecule has 2 saturated heterocycles. The standard InChI is InChI=1S/C19H29N3O2/c1-14(20)16-7-5-15(6-8-16)9-21-10-19(11-21)12-22(13-19)17(23)24-18(2,3)4/h5-8,14H,9-13,20H2,1-4H3.